The summed E-state index contributed by atoms with van der Waals surface area (Å²) in [7, 11) is -3.89. The third-order valence-electron chi connectivity index (χ3n) is 3.99. The second-order valence-electron chi connectivity index (χ2n) is 6.07. The van der Waals surface area contributed by atoms with Gasteiger partial charge in [0, 0.05) is 31.9 Å². The first-order chi connectivity index (χ1) is 12.4. The molecule has 0 aromatic heterocycles. The molecule has 144 valence electrons. The number of hydrogen-bond acceptors (Lipinski definition) is 5. The fraction of sp³-hybridized carbons (Fsp3) is 0.526. The van der Waals surface area contributed by atoms with E-state index in [4.69, 9.17) is 5.11 Å². The van der Waals surface area contributed by atoms with E-state index in [2.05, 4.69) is 23.5 Å². The Morgan fingerprint density at radius 1 is 1.19 bits per heavy atom. The van der Waals surface area contributed by atoms with E-state index in [1.54, 1.807) is 13.0 Å². The summed E-state index contributed by atoms with van der Waals surface area (Å²) in [5.74, 6) is 0. The summed E-state index contributed by atoms with van der Waals surface area (Å²) >= 11 is 0. The molecule has 0 fully saturated rings. The summed E-state index contributed by atoms with van der Waals surface area (Å²) in [5.41, 5.74) is 2.20. The van der Waals surface area contributed by atoms with Gasteiger partial charge >= 0.3 is 0 Å². The predicted octanol–water partition coefficient (Wildman–Crippen LogP) is 2.87. The van der Waals surface area contributed by atoms with Crippen LogP contribution in [0, 0.1) is 11.3 Å². The third kappa shape index (κ3) is 6.13. The molecular weight excluding hydrogens is 350 g/mol. The quantitative estimate of drug-likeness (QED) is 0.455. The second kappa shape index (κ2) is 11.0. The molecular formula is C19H29N3O3S. The van der Waals surface area contributed by atoms with E-state index in [9.17, 15) is 13.7 Å². The molecule has 26 heavy (non-hydrogen) atoms. The highest BCUT2D eigenvalue weighted by Gasteiger charge is 2.20. The number of aliphatic hydroxyl groups excluding tert-OH is 1. The number of anilines is 1. The zero-order chi connectivity index (χ0) is 19.6. The van der Waals surface area contributed by atoms with Crippen molar-refractivity contribution in [3.8, 4) is 6.07 Å². The molecule has 0 aliphatic carbocycles. The van der Waals surface area contributed by atoms with Gasteiger partial charge in [-0.3, -0.25) is 0 Å². The number of hydrogen-bond donors (Lipinski definition) is 2. The van der Waals surface area contributed by atoms with E-state index < -0.39 is 10.0 Å². The number of allylic oxidation sites excluding steroid dienone is 2. The van der Waals surface area contributed by atoms with Crippen molar-refractivity contribution >= 4 is 21.3 Å². The monoisotopic (exact) mass is 379 g/mol. The Balaban J connectivity index is 3.11. The molecule has 1 aromatic carbocycles. The van der Waals surface area contributed by atoms with Gasteiger partial charge < -0.3 is 10.0 Å². The maximum atomic E-state index is 12.3. The number of nitriles is 1. The summed E-state index contributed by atoms with van der Waals surface area (Å²) in [6.07, 6.45) is 2.41. The average Bonchev–Trinajstić information content (AvgIpc) is 2.62. The van der Waals surface area contributed by atoms with Gasteiger partial charge in [0.25, 0.3) is 10.0 Å². The fourth-order valence-corrected chi connectivity index (χ4v) is 3.86. The average molecular weight is 380 g/mol. The van der Waals surface area contributed by atoms with Crippen LogP contribution in [-0.4, -0.2) is 39.8 Å². The normalized spacial score (nSPS) is 12.4. The first kappa shape index (κ1) is 22.2. The number of nitrogens with one attached hydrogen (secondary N) is 1. The van der Waals surface area contributed by atoms with Gasteiger partial charge in [-0.15, -0.1) is 0 Å². The first-order valence-electron chi connectivity index (χ1n) is 8.98. The molecule has 7 heteroatoms. The van der Waals surface area contributed by atoms with Crippen molar-refractivity contribution in [2.75, 3.05) is 31.1 Å². The Labute approximate surface area is 157 Å². The Bertz CT molecular complexity index is 728. The van der Waals surface area contributed by atoms with Crippen LogP contribution >= 0.6 is 0 Å². The number of aliphatic hydroxyl groups is 1. The number of rotatable bonds is 11. The van der Waals surface area contributed by atoms with Gasteiger partial charge in [0.2, 0.25) is 0 Å². The molecule has 0 aliphatic rings. The van der Waals surface area contributed by atoms with Crippen molar-refractivity contribution in [3.05, 3.63) is 34.7 Å². The smallest absolute Gasteiger partial charge is 0.250 e. The van der Waals surface area contributed by atoms with Crippen LogP contribution in [-0.2, 0) is 10.0 Å². The Morgan fingerprint density at radius 3 is 2.23 bits per heavy atom. The number of benzene rings is 1. The molecule has 0 unspecified atom stereocenters. The molecule has 2 N–H and O–H groups in total. The van der Waals surface area contributed by atoms with Gasteiger partial charge in [0.05, 0.1) is 0 Å². The minimum Gasteiger partial charge on any atom is -0.396 e. The third-order valence-corrected chi connectivity index (χ3v) is 5.51. The van der Waals surface area contributed by atoms with E-state index >= 15 is 0 Å². The highest BCUT2D eigenvalue weighted by molar-refractivity contribution is 7.93. The van der Waals surface area contributed by atoms with Gasteiger partial charge in [-0.25, -0.2) is 13.1 Å². The first-order valence-corrected chi connectivity index (χ1v) is 10.5. The van der Waals surface area contributed by atoms with Crippen molar-refractivity contribution in [3.63, 3.8) is 0 Å². The van der Waals surface area contributed by atoms with Crippen molar-refractivity contribution in [1.82, 2.24) is 4.72 Å². The molecule has 0 spiro atoms. The lowest BCUT2D eigenvalue weighted by atomic mass is 10.1. The van der Waals surface area contributed by atoms with E-state index in [-0.39, 0.29) is 18.1 Å². The van der Waals surface area contributed by atoms with E-state index in [0.717, 1.165) is 31.6 Å². The summed E-state index contributed by atoms with van der Waals surface area (Å²) in [6, 6.07) is 9.43. The maximum absolute atomic E-state index is 12.3. The Kier molecular flexibility index (Phi) is 9.35. The molecule has 0 saturated heterocycles. The van der Waals surface area contributed by atoms with E-state index in [1.807, 2.05) is 24.3 Å². The molecule has 0 heterocycles. The van der Waals surface area contributed by atoms with Crippen molar-refractivity contribution in [2.24, 2.45) is 0 Å². The van der Waals surface area contributed by atoms with Gasteiger partial charge in [0.15, 0.2) is 4.91 Å². The second-order valence-corrected chi connectivity index (χ2v) is 7.78. The summed E-state index contributed by atoms with van der Waals surface area (Å²) < 4.78 is 27.0. The fourth-order valence-electron chi connectivity index (χ4n) is 2.67. The minimum absolute atomic E-state index is 0.0965. The zero-order valence-electron chi connectivity index (χ0n) is 15.8. The molecule has 0 saturated carbocycles. The molecule has 0 atom stereocenters. The molecule has 0 bridgehead atoms. The molecule has 6 nitrogen and oxygen atoms in total. The van der Waals surface area contributed by atoms with Crippen molar-refractivity contribution in [2.45, 2.75) is 40.0 Å². The van der Waals surface area contributed by atoms with Crippen LogP contribution in [0.5, 0.6) is 0 Å². The van der Waals surface area contributed by atoms with Crippen LogP contribution in [0.1, 0.15) is 45.6 Å². The highest BCUT2D eigenvalue weighted by Crippen LogP contribution is 2.24. The largest absolute Gasteiger partial charge is 0.396 e. The number of nitrogens with zero attached hydrogens (tertiary/aromatic N) is 2. The topological polar surface area (TPSA) is 93.4 Å². The van der Waals surface area contributed by atoms with Crippen LogP contribution in [0.3, 0.4) is 0 Å². The van der Waals surface area contributed by atoms with Crippen LogP contribution in [0.25, 0.3) is 5.57 Å². The SMILES string of the molecule is CCCN(CCC)c1ccc(/C(C)=C(\C#N)S(=O)(=O)NCCCO)cc1. The lowest BCUT2D eigenvalue weighted by Crippen LogP contribution is -2.26. The Hall–Kier alpha value is -1.88. The van der Waals surface area contributed by atoms with Gasteiger partial charge in [-0.1, -0.05) is 26.0 Å². The zero-order valence-corrected chi connectivity index (χ0v) is 16.6. The molecule has 1 rings (SSSR count). The van der Waals surface area contributed by atoms with Gasteiger partial charge in [0.1, 0.15) is 6.07 Å². The minimum atomic E-state index is -3.89. The van der Waals surface area contributed by atoms with Crippen molar-refractivity contribution in [1.29, 1.82) is 5.26 Å². The van der Waals surface area contributed by atoms with Crippen LogP contribution in [0.2, 0.25) is 0 Å². The molecule has 0 radical (unpaired) electrons. The summed E-state index contributed by atoms with van der Waals surface area (Å²) in [4.78, 5) is 2.00. The van der Waals surface area contributed by atoms with Gasteiger partial charge in [-0.05, 0) is 49.5 Å². The predicted molar refractivity (Wildman–Crippen MR) is 106 cm³/mol. The standard InChI is InChI=1S/C19H29N3O3S/c1-4-12-22(13-5-2)18-9-7-17(8-10-18)16(3)19(15-20)26(24,25)21-11-6-14-23/h7-10,21,23H,4-6,11-14H2,1-3H3/b19-16+. The summed E-state index contributed by atoms with van der Waals surface area (Å²) in [6.45, 7) is 7.83. The van der Waals surface area contributed by atoms with Gasteiger partial charge in [-0.2, -0.15) is 5.26 Å². The Morgan fingerprint density at radius 2 is 1.77 bits per heavy atom. The lowest BCUT2D eigenvalue weighted by Gasteiger charge is -2.24. The highest BCUT2D eigenvalue weighted by atomic mass is 32.2. The maximum Gasteiger partial charge on any atom is 0.250 e. The summed E-state index contributed by atoms with van der Waals surface area (Å²) in [5, 5.41) is 18.1. The lowest BCUT2D eigenvalue weighted by molar-refractivity contribution is 0.289. The van der Waals surface area contributed by atoms with E-state index in [1.165, 1.54) is 0 Å². The van der Waals surface area contributed by atoms with Crippen LogP contribution < -0.4 is 9.62 Å². The molecule has 1 aromatic rings. The number of sulfonamides is 1. The molecule has 0 amide bonds. The van der Waals surface area contributed by atoms with Crippen LogP contribution in [0.15, 0.2) is 29.2 Å². The van der Waals surface area contributed by atoms with Crippen molar-refractivity contribution < 1.29 is 13.5 Å². The van der Waals surface area contributed by atoms with Crippen LogP contribution in [0.4, 0.5) is 5.69 Å². The van der Waals surface area contributed by atoms with E-state index in [0.29, 0.717) is 17.6 Å². The molecule has 0 aliphatic heterocycles.